The topological polar surface area (TPSA) is 70.5 Å². The van der Waals surface area contributed by atoms with Gasteiger partial charge in [-0.2, -0.15) is 0 Å². The van der Waals surface area contributed by atoms with Crippen molar-refractivity contribution in [1.82, 2.24) is 9.88 Å². The summed E-state index contributed by atoms with van der Waals surface area (Å²) in [4.78, 5) is 30.5. The lowest BCUT2D eigenvalue weighted by molar-refractivity contribution is -0.151. The average Bonchev–Trinajstić information content (AvgIpc) is 3.08. The minimum Gasteiger partial charge on any atom is -0.480 e. The Labute approximate surface area is 154 Å². The second kappa shape index (κ2) is 6.88. The Balaban J connectivity index is 1.50. The summed E-state index contributed by atoms with van der Waals surface area (Å²) >= 11 is 1.58. The smallest absolute Gasteiger partial charge is 0.326 e. The second-order valence-electron chi connectivity index (χ2n) is 6.42. The maximum absolute atomic E-state index is 12.8. The van der Waals surface area contributed by atoms with E-state index in [4.69, 9.17) is 0 Å². The van der Waals surface area contributed by atoms with Gasteiger partial charge in [0.25, 0.3) is 0 Å². The molecule has 1 aromatic heterocycles. The Morgan fingerprint density at radius 1 is 1.12 bits per heavy atom. The maximum atomic E-state index is 12.8. The molecule has 0 radical (unpaired) electrons. The summed E-state index contributed by atoms with van der Waals surface area (Å²) in [5.41, 5.74) is 2.98. The number of benzene rings is 2. The number of carboxylic acid groups (broad SMARTS) is 1. The summed E-state index contributed by atoms with van der Waals surface area (Å²) in [6.45, 7) is 0.353. The van der Waals surface area contributed by atoms with Crippen LogP contribution in [0.2, 0.25) is 0 Å². The van der Waals surface area contributed by atoms with Crippen LogP contribution >= 0.6 is 11.3 Å². The molecule has 1 N–H and O–H groups in total. The van der Waals surface area contributed by atoms with Crippen LogP contribution in [0, 0.1) is 0 Å². The van der Waals surface area contributed by atoms with Gasteiger partial charge in [0.15, 0.2) is 0 Å². The molecule has 0 unspecified atom stereocenters. The molecule has 6 heteroatoms. The fourth-order valence-corrected chi connectivity index (χ4v) is 4.36. The number of fused-ring (bicyclic) bond motifs is 2. The van der Waals surface area contributed by atoms with Gasteiger partial charge in [0, 0.05) is 25.8 Å². The van der Waals surface area contributed by atoms with Gasteiger partial charge >= 0.3 is 5.97 Å². The van der Waals surface area contributed by atoms with Crippen molar-refractivity contribution in [3.63, 3.8) is 0 Å². The van der Waals surface area contributed by atoms with E-state index in [0.29, 0.717) is 19.4 Å². The zero-order chi connectivity index (χ0) is 18.1. The van der Waals surface area contributed by atoms with E-state index in [-0.39, 0.29) is 12.3 Å². The van der Waals surface area contributed by atoms with E-state index in [1.165, 1.54) is 4.90 Å². The molecule has 2 heterocycles. The van der Waals surface area contributed by atoms with Gasteiger partial charge < -0.3 is 10.0 Å². The number of amides is 1. The molecule has 1 aliphatic heterocycles. The van der Waals surface area contributed by atoms with Crippen molar-refractivity contribution in [2.45, 2.75) is 31.8 Å². The molecule has 0 fully saturated rings. The van der Waals surface area contributed by atoms with Crippen LogP contribution in [0.1, 0.15) is 22.6 Å². The molecule has 0 saturated carbocycles. The number of carbonyl (C=O) groups is 2. The zero-order valence-corrected chi connectivity index (χ0v) is 14.9. The van der Waals surface area contributed by atoms with Crippen LogP contribution < -0.4 is 0 Å². The molecule has 5 nitrogen and oxygen atoms in total. The van der Waals surface area contributed by atoms with Crippen LogP contribution in [0.4, 0.5) is 0 Å². The Bertz CT molecular complexity index is 949. The molecule has 0 aliphatic carbocycles. The lowest BCUT2D eigenvalue weighted by Crippen LogP contribution is -2.48. The summed E-state index contributed by atoms with van der Waals surface area (Å²) in [6, 6.07) is 14.8. The predicted octanol–water partition coefficient (Wildman–Crippen LogP) is 3.27. The van der Waals surface area contributed by atoms with Crippen molar-refractivity contribution in [1.29, 1.82) is 0 Å². The molecule has 1 atom stereocenters. The van der Waals surface area contributed by atoms with Crippen LogP contribution in [0.5, 0.6) is 0 Å². The fraction of sp³-hybridized carbons (Fsp3) is 0.250. The molecule has 3 aromatic rings. The van der Waals surface area contributed by atoms with Gasteiger partial charge in [-0.3, -0.25) is 4.79 Å². The van der Waals surface area contributed by atoms with E-state index in [1.54, 1.807) is 11.3 Å². The number of hydrogen-bond acceptors (Lipinski definition) is 4. The number of rotatable bonds is 4. The summed E-state index contributed by atoms with van der Waals surface area (Å²) < 4.78 is 1.10. The van der Waals surface area contributed by atoms with Crippen LogP contribution in [-0.4, -0.2) is 32.9 Å². The zero-order valence-electron chi connectivity index (χ0n) is 14.1. The van der Waals surface area contributed by atoms with Crippen molar-refractivity contribution in [3.05, 3.63) is 64.7 Å². The van der Waals surface area contributed by atoms with Gasteiger partial charge in [0.2, 0.25) is 5.91 Å². The van der Waals surface area contributed by atoms with Crippen LogP contribution in [0.25, 0.3) is 10.2 Å². The van der Waals surface area contributed by atoms with E-state index < -0.39 is 12.0 Å². The number of hydrogen-bond donors (Lipinski definition) is 1. The predicted molar refractivity (Wildman–Crippen MR) is 100 cm³/mol. The number of para-hydroxylation sites is 1. The molecular weight excluding hydrogens is 348 g/mol. The summed E-state index contributed by atoms with van der Waals surface area (Å²) in [7, 11) is 0. The number of carbonyl (C=O) groups excluding carboxylic acids is 1. The van der Waals surface area contributed by atoms with Crippen molar-refractivity contribution < 1.29 is 14.7 Å². The van der Waals surface area contributed by atoms with Gasteiger partial charge in [-0.15, -0.1) is 11.3 Å². The molecule has 1 aliphatic rings. The van der Waals surface area contributed by atoms with Gasteiger partial charge in [-0.05, 0) is 23.3 Å². The minimum absolute atomic E-state index is 0.133. The largest absolute Gasteiger partial charge is 0.480 e. The highest BCUT2D eigenvalue weighted by Gasteiger charge is 2.34. The van der Waals surface area contributed by atoms with Gasteiger partial charge in [0.1, 0.15) is 6.04 Å². The third-order valence-corrected chi connectivity index (χ3v) is 5.84. The number of aliphatic carboxylic acids is 1. The van der Waals surface area contributed by atoms with E-state index in [2.05, 4.69) is 4.98 Å². The second-order valence-corrected chi connectivity index (χ2v) is 7.54. The summed E-state index contributed by atoms with van der Waals surface area (Å²) in [5.74, 6) is -1.08. The van der Waals surface area contributed by atoms with Crippen LogP contribution in [0.15, 0.2) is 48.5 Å². The summed E-state index contributed by atoms with van der Waals surface area (Å²) in [6.07, 6.45) is 1.16. The number of aryl methyl sites for hydroxylation is 1. The Morgan fingerprint density at radius 3 is 2.62 bits per heavy atom. The highest BCUT2D eigenvalue weighted by molar-refractivity contribution is 7.18. The first-order valence-electron chi connectivity index (χ1n) is 8.55. The van der Waals surface area contributed by atoms with Crippen molar-refractivity contribution in [2.24, 2.45) is 0 Å². The standard InChI is InChI=1S/C20H18N2O3S/c23-19(10-9-18-21-15-7-3-4-8-17(15)26-18)22-12-14-6-2-1-5-13(14)11-16(22)20(24)25/h1-8,16H,9-12H2,(H,24,25)/t16-/m1/s1. The third kappa shape index (κ3) is 3.20. The first-order valence-corrected chi connectivity index (χ1v) is 9.37. The van der Waals surface area contributed by atoms with Crippen molar-refractivity contribution >= 4 is 33.4 Å². The molecule has 0 spiro atoms. The fourth-order valence-electron chi connectivity index (χ4n) is 3.39. The Kier molecular flexibility index (Phi) is 4.42. The SMILES string of the molecule is O=C(O)[C@H]1Cc2ccccc2CN1C(=O)CCc1nc2ccccc2s1. The molecular formula is C20H18N2O3S. The summed E-state index contributed by atoms with van der Waals surface area (Å²) in [5, 5.41) is 10.5. The highest BCUT2D eigenvalue weighted by atomic mass is 32.1. The molecule has 0 saturated heterocycles. The number of carboxylic acids is 1. The normalized spacial score (nSPS) is 16.5. The lowest BCUT2D eigenvalue weighted by atomic mass is 9.93. The monoisotopic (exact) mass is 366 g/mol. The van der Waals surface area contributed by atoms with E-state index >= 15 is 0 Å². The lowest BCUT2D eigenvalue weighted by Gasteiger charge is -2.34. The van der Waals surface area contributed by atoms with Gasteiger partial charge in [0.05, 0.1) is 15.2 Å². The third-order valence-electron chi connectivity index (χ3n) is 4.74. The molecule has 26 heavy (non-hydrogen) atoms. The first kappa shape index (κ1) is 16.7. The maximum Gasteiger partial charge on any atom is 0.326 e. The van der Waals surface area contributed by atoms with E-state index in [0.717, 1.165) is 26.4 Å². The van der Waals surface area contributed by atoms with Crippen molar-refractivity contribution in [3.8, 4) is 0 Å². The molecule has 1 amide bonds. The molecule has 132 valence electrons. The molecule has 4 rings (SSSR count). The van der Waals surface area contributed by atoms with Crippen LogP contribution in [-0.2, 0) is 29.0 Å². The quantitative estimate of drug-likeness (QED) is 0.769. The highest BCUT2D eigenvalue weighted by Crippen LogP contribution is 2.26. The first-order chi connectivity index (χ1) is 12.6. The average molecular weight is 366 g/mol. The van der Waals surface area contributed by atoms with Crippen LogP contribution in [0.3, 0.4) is 0 Å². The Morgan fingerprint density at radius 2 is 1.85 bits per heavy atom. The van der Waals surface area contributed by atoms with Gasteiger partial charge in [-0.1, -0.05) is 36.4 Å². The number of aromatic nitrogens is 1. The van der Waals surface area contributed by atoms with Crippen molar-refractivity contribution in [2.75, 3.05) is 0 Å². The minimum atomic E-state index is -0.951. The molecule has 2 aromatic carbocycles. The van der Waals surface area contributed by atoms with Gasteiger partial charge in [-0.25, -0.2) is 9.78 Å². The molecule has 0 bridgehead atoms. The number of thiazole rings is 1. The van der Waals surface area contributed by atoms with E-state index in [9.17, 15) is 14.7 Å². The number of nitrogens with zero attached hydrogens (tertiary/aromatic N) is 2. The Hall–Kier alpha value is -2.73. The van der Waals surface area contributed by atoms with E-state index in [1.807, 2.05) is 48.5 Å².